The van der Waals surface area contributed by atoms with Crippen molar-refractivity contribution in [1.82, 2.24) is 0 Å². The molecule has 5 fully saturated rings. The summed E-state index contributed by atoms with van der Waals surface area (Å²) >= 11 is 0. The molecule has 0 atom stereocenters. The number of para-hydroxylation sites is 3. The molecule has 0 amide bonds. The van der Waals surface area contributed by atoms with Crippen molar-refractivity contribution in [2.75, 3.05) is 0 Å². The predicted molar refractivity (Wildman–Crippen MR) is 525 cm³/mol. The molecule has 634 valence electrons. The van der Waals surface area contributed by atoms with Crippen molar-refractivity contribution in [2.24, 2.45) is 35.2 Å². The zero-order chi connectivity index (χ0) is 86.4. The van der Waals surface area contributed by atoms with Gasteiger partial charge in [0.15, 0.2) is 0 Å². The number of aromatic nitrogens is 5. The Morgan fingerprint density at radius 3 is 0.887 bits per heavy atom. The molecule has 5 heterocycles. The maximum atomic E-state index is 2.50. The molecule has 124 heavy (non-hydrogen) atoms. The summed E-state index contributed by atoms with van der Waals surface area (Å²) in [7, 11) is 11.1. The highest BCUT2D eigenvalue weighted by atomic mass is 15.0. The van der Waals surface area contributed by atoms with Crippen LogP contribution >= 0.6 is 0 Å². The van der Waals surface area contributed by atoms with Crippen LogP contribution in [-0.4, -0.2) is 0 Å². The number of rotatable bonds is 10. The van der Waals surface area contributed by atoms with E-state index in [2.05, 4.69) is 371 Å². The van der Waals surface area contributed by atoms with Crippen molar-refractivity contribution in [1.29, 1.82) is 0 Å². The van der Waals surface area contributed by atoms with E-state index in [9.17, 15) is 0 Å². The van der Waals surface area contributed by atoms with Crippen LogP contribution in [0, 0.1) is 76.2 Å². The summed E-state index contributed by atoms with van der Waals surface area (Å²) in [6.45, 7) is 24.3. The van der Waals surface area contributed by atoms with Crippen LogP contribution in [0.3, 0.4) is 0 Å². The summed E-state index contributed by atoms with van der Waals surface area (Å²) in [5, 5.41) is 6.96. The molecule has 5 nitrogen and oxygen atoms in total. The number of hydrogen-bond acceptors (Lipinski definition) is 0. The lowest BCUT2D eigenvalue weighted by molar-refractivity contribution is -0.633. The molecule has 0 spiro atoms. The Kier molecular flexibility index (Phi) is 27.1. The Labute approximate surface area is 743 Å². The van der Waals surface area contributed by atoms with Crippen LogP contribution in [0.5, 0.6) is 0 Å². The highest BCUT2D eigenvalue weighted by molar-refractivity contribution is 5.86. The molecule has 5 heteroatoms. The third-order valence-electron chi connectivity index (χ3n) is 29.8. The van der Waals surface area contributed by atoms with E-state index in [1.807, 2.05) is 0 Å². The number of nitrogens with zero attached hydrogens (tertiary/aromatic N) is 5. The van der Waals surface area contributed by atoms with Gasteiger partial charge in [-0.3, -0.25) is 0 Å². The van der Waals surface area contributed by atoms with Crippen molar-refractivity contribution < 1.29 is 22.8 Å². The van der Waals surface area contributed by atoms with Gasteiger partial charge < -0.3 is 0 Å². The second-order valence-corrected chi connectivity index (χ2v) is 38.3. The van der Waals surface area contributed by atoms with Gasteiger partial charge in [-0.15, -0.1) is 0 Å². The Bertz CT molecular complexity index is 6400. The summed E-state index contributed by atoms with van der Waals surface area (Å²) in [6.07, 6.45) is 31.4. The molecule has 5 saturated carbocycles. The molecule has 0 saturated heterocycles. The van der Waals surface area contributed by atoms with E-state index in [4.69, 9.17) is 0 Å². The third kappa shape index (κ3) is 18.7. The Morgan fingerprint density at radius 1 is 0.202 bits per heavy atom. The van der Waals surface area contributed by atoms with E-state index < -0.39 is 0 Å². The number of hydrogen-bond donors (Lipinski definition) is 0. The van der Waals surface area contributed by atoms with E-state index in [-0.39, 0.29) is 0 Å². The first-order valence-electron chi connectivity index (χ1n) is 47.6. The molecule has 0 radical (unpaired) electrons. The van der Waals surface area contributed by atoms with Crippen LogP contribution in [0.2, 0.25) is 0 Å². The van der Waals surface area contributed by atoms with E-state index in [0.717, 1.165) is 11.8 Å². The highest BCUT2D eigenvalue weighted by Crippen LogP contribution is 2.44. The van der Waals surface area contributed by atoms with Gasteiger partial charge in [0.2, 0.25) is 56.1 Å². The molecule has 10 aromatic carbocycles. The lowest BCUT2D eigenvalue weighted by Crippen LogP contribution is -2.33. The van der Waals surface area contributed by atoms with Gasteiger partial charge in [-0.05, 0) is 310 Å². The fourth-order valence-corrected chi connectivity index (χ4v) is 22.3. The summed E-state index contributed by atoms with van der Waals surface area (Å²) < 4.78 is 11.9. The second kappa shape index (κ2) is 38.8. The molecule has 20 rings (SSSR count). The van der Waals surface area contributed by atoms with Crippen LogP contribution < -0.4 is 22.8 Å². The largest absolute Gasteiger partial charge is 0.213 e. The van der Waals surface area contributed by atoms with Crippen LogP contribution in [-0.2, 0) is 35.2 Å². The number of benzene rings is 10. The fraction of sp³-hybridized carbons (Fsp3) is 0.370. The van der Waals surface area contributed by atoms with Crippen molar-refractivity contribution >= 4 is 54.5 Å². The molecule has 0 unspecified atom stereocenters. The minimum absolute atomic E-state index is 0.708. The SMILES string of the molecule is Cc1cc(C)c(C)c(-c2cc(C3CCCCC3)c3ccccc3[n+]2C)c1.Cc1cc(C)c(C)c(-c2ccc3ccc(C4CCCC4)cc3[n+]2C)c1.Cc1ccc(C)c(-c2cc(C3CCCCC3)c3ccccc3[n+]2C)c1.Cc1ccc(C)c(-c2ccc3ccc(C4CCCC4)cc3[n+]2C)c1.Cc1ccccc1-c1cc(C2CCCCC2)c2ccccc2[n+]1C. The van der Waals surface area contributed by atoms with E-state index in [1.54, 1.807) is 16.7 Å². The average molecular weight is 1640 g/mol. The van der Waals surface area contributed by atoms with Gasteiger partial charge in [0.05, 0.1) is 0 Å². The van der Waals surface area contributed by atoms with Gasteiger partial charge in [0, 0.05) is 115 Å². The first kappa shape index (κ1) is 86.8. The monoisotopic (exact) mass is 1640 g/mol. The maximum absolute atomic E-state index is 2.50. The van der Waals surface area contributed by atoms with Gasteiger partial charge in [0.1, 0.15) is 35.2 Å². The number of aryl methyl sites for hydroxylation is 14. The first-order valence-corrected chi connectivity index (χ1v) is 47.6. The quantitative estimate of drug-likeness (QED) is 0.122. The molecule has 0 N–H and O–H groups in total. The molecular weight excluding hydrogens is 1500 g/mol. The fourth-order valence-electron chi connectivity index (χ4n) is 22.3. The second-order valence-electron chi connectivity index (χ2n) is 38.3. The number of fused-ring (bicyclic) bond motifs is 5. The molecule has 5 aromatic heterocycles. The van der Waals surface area contributed by atoms with Crippen LogP contribution in [0.15, 0.2) is 237 Å². The number of pyridine rings is 5. The topological polar surface area (TPSA) is 19.4 Å². The maximum Gasteiger partial charge on any atom is 0.213 e. The van der Waals surface area contributed by atoms with Gasteiger partial charge in [0.25, 0.3) is 0 Å². The Balaban J connectivity index is 0.000000115. The lowest BCUT2D eigenvalue weighted by Gasteiger charge is -2.23. The Hall–Kier alpha value is -10.8. The Morgan fingerprint density at radius 2 is 0.492 bits per heavy atom. The van der Waals surface area contributed by atoms with E-state index >= 15 is 0 Å². The van der Waals surface area contributed by atoms with Crippen LogP contribution in [0.4, 0.5) is 0 Å². The smallest absolute Gasteiger partial charge is 0.194 e. The summed E-state index contributed by atoms with van der Waals surface area (Å²) in [5.41, 5.74) is 42.8. The van der Waals surface area contributed by atoms with Crippen molar-refractivity contribution in [2.45, 2.75) is 253 Å². The molecular formula is C119H138N5+5. The minimum atomic E-state index is 0.708. The van der Waals surface area contributed by atoms with Crippen molar-refractivity contribution in [3.63, 3.8) is 0 Å². The zero-order valence-electron chi connectivity index (χ0n) is 77.9. The molecule has 0 bridgehead atoms. The molecule has 5 aliphatic rings. The normalized spacial score (nSPS) is 15.5. The van der Waals surface area contributed by atoms with E-state index in [1.165, 1.54) is 331 Å². The van der Waals surface area contributed by atoms with Gasteiger partial charge >= 0.3 is 0 Å². The van der Waals surface area contributed by atoms with Crippen LogP contribution in [0.1, 0.15) is 266 Å². The molecule has 15 aromatic rings. The molecule has 5 aliphatic carbocycles. The van der Waals surface area contributed by atoms with Gasteiger partial charge in [-0.25, -0.2) is 0 Å². The van der Waals surface area contributed by atoms with E-state index in [0.29, 0.717) is 17.8 Å². The minimum Gasteiger partial charge on any atom is -0.194 e. The van der Waals surface area contributed by atoms with Gasteiger partial charge in [-0.1, -0.05) is 209 Å². The van der Waals surface area contributed by atoms with Crippen molar-refractivity contribution in [3.05, 3.63) is 326 Å². The first-order chi connectivity index (χ1) is 60.1. The summed E-state index contributed by atoms with van der Waals surface area (Å²) in [5.74, 6) is 3.66. The highest BCUT2D eigenvalue weighted by Gasteiger charge is 2.31. The predicted octanol–water partition coefficient (Wildman–Crippen LogP) is 29.5. The van der Waals surface area contributed by atoms with Gasteiger partial charge in [-0.2, -0.15) is 22.8 Å². The third-order valence-corrected chi connectivity index (χ3v) is 29.8. The van der Waals surface area contributed by atoms with Crippen molar-refractivity contribution in [3.8, 4) is 56.3 Å². The summed E-state index contributed by atoms with van der Waals surface area (Å²) in [6, 6.07) is 89.0. The zero-order valence-corrected chi connectivity index (χ0v) is 77.9. The summed E-state index contributed by atoms with van der Waals surface area (Å²) in [4.78, 5) is 0. The average Bonchev–Trinajstić information content (AvgIpc) is 0.831. The lowest BCUT2D eigenvalue weighted by atomic mass is 9.82. The molecule has 0 aliphatic heterocycles. The van der Waals surface area contributed by atoms with Crippen LogP contribution in [0.25, 0.3) is 111 Å². The standard InChI is InChI=1S/C25H30N.2C24H28N.2C23H26N/c1-17-14-18(2)19(3)22(15-17)25-16-23(20-10-6-5-7-11-20)21-12-8-9-13-24(21)26(25)4;1-16-13-17(2)18(3)22(14-16)23-12-11-20-9-10-21(15-24(20)25(23)4)19-7-5-6-8-19;1-17-13-14-18(2)21(15-17)24-16-22(19-9-5-4-6-10-19)20-11-7-8-12-23(20)25(24)3;1-16-8-9-17(2)21(14-16)22-13-12-19-10-11-20(15-23(19)24(22)3)18-6-4-5-7-18;1-17-10-6-7-13-19(17)23-16-21(18-11-4-3-5-12-18)20-14-8-9-15-22(20)24(23)2/h8-9,12-16,20H,5-7,10-11H2,1-4H3;9-15,19H,5-8H2,1-4H3;7-8,11-16,19H,4-6,9-10H2,1-3H3;8-15,18H,4-7H2,1-3H3;6-10,13-16,18H,3-5,11-12H2,1-2H3/q5*+1.